The fourth-order valence-corrected chi connectivity index (χ4v) is 0.671. The summed E-state index contributed by atoms with van der Waals surface area (Å²) in [7, 11) is 0. The molecule has 0 fully saturated rings. The van der Waals surface area contributed by atoms with Crippen molar-refractivity contribution in [1.29, 1.82) is 0 Å². The van der Waals surface area contributed by atoms with E-state index in [1.807, 2.05) is 0 Å². The average molecular weight is 281 g/mol. The maximum absolute atomic E-state index is 8.06. The second-order valence-corrected chi connectivity index (χ2v) is 4.94. The Bertz CT molecular complexity index is 81.6. The highest BCUT2D eigenvalue weighted by Gasteiger charge is 1.89. The maximum atomic E-state index is 8.06. The zero-order valence-corrected chi connectivity index (χ0v) is 12.6. The minimum Gasteiger partial charge on any atom is -0.394 e. The Kier molecular flexibility index (Phi) is 24.2. The molecule has 0 saturated heterocycles. The van der Waals surface area contributed by atoms with Crippen LogP contribution in [0.4, 0.5) is 0 Å². The van der Waals surface area contributed by atoms with Gasteiger partial charge in [0.2, 0.25) is 0 Å². The molecular formula is C10H24Cl3NO. The first kappa shape index (κ1) is 21.1. The topological polar surface area (TPSA) is 23.5 Å². The average Bonchev–Trinajstić information content (AvgIpc) is 2.05. The van der Waals surface area contributed by atoms with E-state index in [0.717, 1.165) is 0 Å². The summed E-state index contributed by atoms with van der Waals surface area (Å²) in [6, 6.07) is 0. The van der Waals surface area contributed by atoms with Crippen LogP contribution in [0.5, 0.6) is 0 Å². The number of aliphatic hydroxyl groups excluding tert-OH is 1. The summed E-state index contributed by atoms with van der Waals surface area (Å²) in [6.45, 7) is 13.6. The van der Waals surface area contributed by atoms with Gasteiger partial charge in [0.25, 0.3) is 0 Å². The van der Waals surface area contributed by atoms with Crippen molar-refractivity contribution < 1.29 is 5.11 Å². The molecule has 0 rings (SSSR count). The SMILES string of the molecule is CC(C)O.CCN(CC)CC.ClC(Cl)Cl. The zero-order valence-electron chi connectivity index (χ0n) is 10.3. The second kappa shape index (κ2) is 17.2. The molecule has 0 saturated carbocycles. The number of nitrogens with zero attached hydrogens (tertiary/aromatic N) is 1. The number of hydrogen-bond donors (Lipinski definition) is 1. The molecule has 0 spiro atoms. The molecule has 0 atom stereocenters. The van der Waals surface area contributed by atoms with Gasteiger partial charge in [-0.1, -0.05) is 55.6 Å². The summed E-state index contributed by atoms with van der Waals surface area (Å²) in [5.74, 6) is 0. The van der Waals surface area contributed by atoms with Crippen LogP contribution in [0.3, 0.4) is 0 Å². The maximum Gasteiger partial charge on any atom is 0.180 e. The minimum atomic E-state index is -0.750. The summed E-state index contributed by atoms with van der Waals surface area (Å²) >= 11 is 14.4. The first-order chi connectivity index (χ1) is 6.81. The van der Waals surface area contributed by atoms with Gasteiger partial charge in [-0.25, -0.2) is 0 Å². The van der Waals surface area contributed by atoms with Crippen LogP contribution >= 0.6 is 34.8 Å². The van der Waals surface area contributed by atoms with Gasteiger partial charge in [-0.05, 0) is 33.5 Å². The van der Waals surface area contributed by atoms with E-state index in [0.29, 0.717) is 0 Å². The molecule has 2 nitrogen and oxygen atoms in total. The number of aliphatic hydroxyl groups is 1. The highest BCUT2D eigenvalue weighted by atomic mass is 35.6. The van der Waals surface area contributed by atoms with Gasteiger partial charge in [0.05, 0.1) is 0 Å². The molecular weight excluding hydrogens is 256 g/mol. The van der Waals surface area contributed by atoms with Gasteiger partial charge < -0.3 is 10.0 Å². The lowest BCUT2D eigenvalue weighted by Gasteiger charge is -2.13. The molecule has 0 aromatic carbocycles. The van der Waals surface area contributed by atoms with E-state index in [1.165, 1.54) is 19.6 Å². The Balaban J connectivity index is -0.000000155. The van der Waals surface area contributed by atoms with Gasteiger partial charge in [0.1, 0.15) is 0 Å². The highest BCUT2D eigenvalue weighted by molar-refractivity contribution is 6.63. The van der Waals surface area contributed by atoms with Gasteiger partial charge >= 0.3 is 0 Å². The first-order valence-electron chi connectivity index (χ1n) is 5.14. The molecule has 0 aromatic rings. The highest BCUT2D eigenvalue weighted by Crippen LogP contribution is 2.03. The van der Waals surface area contributed by atoms with Crippen molar-refractivity contribution in [2.75, 3.05) is 19.6 Å². The van der Waals surface area contributed by atoms with Crippen molar-refractivity contribution in [3.63, 3.8) is 0 Å². The van der Waals surface area contributed by atoms with Gasteiger partial charge in [0, 0.05) is 6.10 Å². The Morgan fingerprint density at radius 3 is 1.07 bits per heavy atom. The third-order valence-electron chi connectivity index (χ3n) is 1.34. The predicted molar refractivity (Wildman–Crippen MR) is 72.2 cm³/mol. The van der Waals surface area contributed by atoms with E-state index in [-0.39, 0.29) is 6.10 Å². The normalized spacial score (nSPS) is 9.60. The lowest BCUT2D eigenvalue weighted by atomic mass is 10.5. The molecule has 96 valence electrons. The van der Waals surface area contributed by atoms with Crippen LogP contribution in [0.25, 0.3) is 0 Å². The summed E-state index contributed by atoms with van der Waals surface area (Å²) in [5.41, 5.74) is 0. The number of rotatable bonds is 3. The molecule has 0 heterocycles. The van der Waals surface area contributed by atoms with Crippen LogP contribution < -0.4 is 0 Å². The van der Waals surface area contributed by atoms with Crippen LogP contribution in [-0.2, 0) is 0 Å². The lowest BCUT2D eigenvalue weighted by molar-refractivity contribution is 0.216. The Labute approximate surface area is 109 Å². The Morgan fingerprint density at radius 2 is 1.07 bits per heavy atom. The molecule has 0 aliphatic rings. The summed E-state index contributed by atoms with van der Waals surface area (Å²) < 4.78 is -0.750. The van der Waals surface area contributed by atoms with Crippen LogP contribution in [0.1, 0.15) is 34.6 Å². The molecule has 0 aliphatic carbocycles. The predicted octanol–water partition coefficient (Wildman–Crippen LogP) is 3.72. The van der Waals surface area contributed by atoms with Crippen molar-refractivity contribution in [2.24, 2.45) is 0 Å². The van der Waals surface area contributed by atoms with Crippen LogP contribution in [0.2, 0.25) is 0 Å². The summed E-state index contributed by atoms with van der Waals surface area (Å²) in [6.07, 6.45) is -0.167. The monoisotopic (exact) mass is 279 g/mol. The molecule has 0 unspecified atom stereocenters. The van der Waals surface area contributed by atoms with Gasteiger partial charge in [-0.3, -0.25) is 0 Å². The smallest absolute Gasteiger partial charge is 0.180 e. The van der Waals surface area contributed by atoms with Crippen molar-refractivity contribution in [3.8, 4) is 0 Å². The summed E-state index contributed by atoms with van der Waals surface area (Å²) in [4.78, 5) is 2.38. The molecule has 5 heteroatoms. The molecule has 15 heavy (non-hydrogen) atoms. The third-order valence-corrected chi connectivity index (χ3v) is 1.34. The van der Waals surface area contributed by atoms with Crippen LogP contribution in [0, 0.1) is 0 Å². The van der Waals surface area contributed by atoms with Gasteiger partial charge in [0.15, 0.2) is 4.30 Å². The molecule has 1 N–H and O–H groups in total. The van der Waals surface area contributed by atoms with Crippen LogP contribution in [-0.4, -0.2) is 40.0 Å². The standard InChI is InChI=1S/C6H15N.C3H8O.CHCl3/c1-4-7(5-2)6-3;1-3(2)4;2-1(3)4/h4-6H2,1-3H3;3-4H,1-2H3;1H. The van der Waals surface area contributed by atoms with Crippen molar-refractivity contribution >= 4 is 34.8 Å². The van der Waals surface area contributed by atoms with E-state index in [2.05, 4.69) is 25.7 Å². The molecule has 0 amide bonds. The van der Waals surface area contributed by atoms with E-state index in [9.17, 15) is 0 Å². The Hall–Kier alpha value is 0.790. The molecule has 0 radical (unpaired) electrons. The van der Waals surface area contributed by atoms with Crippen molar-refractivity contribution in [3.05, 3.63) is 0 Å². The van der Waals surface area contributed by atoms with E-state index in [4.69, 9.17) is 39.9 Å². The Morgan fingerprint density at radius 1 is 0.933 bits per heavy atom. The van der Waals surface area contributed by atoms with E-state index < -0.39 is 4.30 Å². The quantitative estimate of drug-likeness (QED) is 0.797. The van der Waals surface area contributed by atoms with Gasteiger partial charge in [-0.15, -0.1) is 0 Å². The largest absolute Gasteiger partial charge is 0.394 e. The second-order valence-electron chi connectivity index (χ2n) is 2.96. The molecule has 0 bridgehead atoms. The number of alkyl halides is 3. The van der Waals surface area contributed by atoms with Crippen molar-refractivity contribution in [2.45, 2.75) is 45.0 Å². The first-order valence-corrected chi connectivity index (χ1v) is 6.45. The van der Waals surface area contributed by atoms with E-state index >= 15 is 0 Å². The lowest BCUT2D eigenvalue weighted by Crippen LogP contribution is -2.21. The summed E-state index contributed by atoms with van der Waals surface area (Å²) in [5, 5.41) is 8.06. The number of halogens is 3. The zero-order chi connectivity index (χ0) is 12.9. The molecule has 0 aromatic heterocycles. The van der Waals surface area contributed by atoms with Crippen LogP contribution in [0.15, 0.2) is 0 Å². The minimum absolute atomic E-state index is 0.167. The fourth-order valence-electron chi connectivity index (χ4n) is 0.671. The number of hydrogen-bond acceptors (Lipinski definition) is 2. The van der Waals surface area contributed by atoms with E-state index in [1.54, 1.807) is 13.8 Å². The fraction of sp³-hybridized carbons (Fsp3) is 1.00. The van der Waals surface area contributed by atoms with Crippen molar-refractivity contribution in [1.82, 2.24) is 4.90 Å². The van der Waals surface area contributed by atoms with Gasteiger partial charge in [-0.2, -0.15) is 0 Å². The third kappa shape index (κ3) is 52.5. The molecule has 0 aliphatic heterocycles.